The number of aryl methyl sites for hydroxylation is 2. The largest absolute Gasteiger partial charge is 0.350 e. The summed E-state index contributed by atoms with van der Waals surface area (Å²) in [5.41, 5.74) is 4.81. The van der Waals surface area contributed by atoms with Crippen molar-refractivity contribution in [3.63, 3.8) is 0 Å². The van der Waals surface area contributed by atoms with Gasteiger partial charge < -0.3 is 16.0 Å². The number of nitrogens with two attached hydrogens (primary N) is 1. The van der Waals surface area contributed by atoms with Crippen molar-refractivity contribution in [3.05, 3.63) is 26.7 Å². The van der Waals surface area contributed by atoms with Gasteiger partial charge in [0.25, 0.3) is 5.56 Å². The number of carbonyl (C=O) groups excluding carboxylic acids is 1. The minimum Gasteiger partial charge on any atom is -0.350 e. The Hall–Kier alpha value is -2.42. The topological polar surface area (TPSA) is 139 Å². The predicted molar refractivity (Wildman–Crippen MR) is 95.3 cm³/mol. The number of hydrogen-bond acceptors (Lipinski definition) is 5. The molecule has 0 aliphatic rings. The van der Waals surface area contributed by atoms with E-state index in [9.17, 15) is 14.4 Å². The monoisotopic (exact) mass is 350 g/mol. The Labute approximate surface area is 145 Å². The number of rotatable bonds is 7. The van der Waals surface area contributed by atoms with Gasteiger partial charge in [0.1, 0.15) is 11.3 Å². The van der Waals surface area contributed by atoms with Crippen LogP contribution in [-0.4, -0.2) is 37.5 Å². The van der Waals surface area contributed by atoms with E-state index < -0.39 is 16.8 Å². The van der Waals surface area contributed by atoms with Crippen molar-refractivity contribution < 1.29 is 4.79 Å². The molecule has 2 aromatic heterocycles. The van der Waals surface area contributed by atoms with Crippen molar-refractivity contribution in [2.75, 3.05) is 6.54 Å². The fourth-order valence-electron chi connectivity index (χ4n) is 2.99. The number of nitrogens with one attached hydrogen (secondary N) is 3. The molecule has 9 heteroatoms. The molecule has 2 aromatic rings. The third-order valence-electron chi connectivity index (χ3n) is 4.14. The molecule has 1 unspecified atom stereocenters. The average Bonchev–Trinajstić information content (AvgIpc) is 2.95. The quantitative estimate of drug-likeness (QED) is 0.546. The molecule has 0 aromatic carbocycles. The van der Waals surface area contributed by atoms with Gasteiger partial charge in [-0.3, -0.25) is 19.1 Å². The van der Waals surface area contributed by atoms with Crippen molar-refractivity contribution in [3.8, 4) is 0 Å². The van der Waals surface area contributed by atoms with Gasteiger partial charge in [-0.15, -0.1) is 0 Å². The molecule has 9 nitrogen and oxygen atoms in total. The zero-order valence-electron chi connectivity index (χ0n) is 15.1. The summed E-state index contributed by atoms with van der Waals surface area (Å²) in [5.74, 6) is 0.768. The van der Waals surface area contributed by atoms with Crippen LogP contribution in [0.1, 0.15) is 39.4 Å². The summed E-state index contributed by atoms with van der Waals surface area (Å²) in [5, 5.41) is 2.98. The Morgan fingerprint density at radius 1 is 1.36 bits per heavy atom. The Morgan fingerprint density at radius 3 is 2.64 bits per heavy atom. The van der Waals surface area contributed by atoms with Crippen LogP contribution >= 0.6 is 0 Å². The number of carbonyl (C=O) groups is 1. The van der Waals surface area contributed by atoms with Crippen LogP contribution in [-0.2, 0) is 18.3 Å². The summed E-state index contributed by atoms with van der Waals surface area (Å²) in [4.78, 5) is 45.0. The van der Waals surface area contributed by atoms with Crippen molar-refractivity contribution in [1.29, 1.82) is 0 Å². The molecule has 0 aliphatic carbocycles. The summed E-state index contributed by atoms with van der Waals surface area (Å²) in [6.07, 6.45) is 1.33. The second kappa shape index (κ2) is 7.22. The Balaban J connectivity index is 2.09. The molecule has 0 saturated carbocycles. The fraction of sp³-hybridized carbons (Fsp3) is 0.625. The molecule has 0 bridgehead atoms. The van der Waals surface area contributed by atoms with E-state index in [0.717, 1.165) is 6.42 Å². The molecule has 2 rings (SSSR count). The maximum atomic E-state index is 12.2. The summed E-state index contributed by atoms with van der Waals surface area (Å²) < 4.78 is 1.25. The minimum absolute atomic E-state index is 0.128. The van der Waals surface area contributed by atoms with E-state index in [1.807, 2.05) is 6.92 Å². The molecular formula is C16H26N6O3. The molecule has 5 N–H and O–H groups in total. The third-order valence-corrected chi connectivity index (χ3v) is 4.14. The van der Waals surface area contributed by atoms with E-state index >= 15 is 0 Å². The number of aromatic nitrogens is 4. The van der Waals surface area contributed by atoms with Gasteiger partial charge in [-0.1, -0.05) is 13.8 Å². The van der Waals surface area contributed by atoms with Gasteiger partial charge in [-0.25, -0.2) is 9.78 Å². The number of H-pyrrole nitrogens is 2. The van der Waals surface area contributed by atoms with Crippen LogP contribution in [0.4, 0.5) is 0 Å². The number of aromatic amines is 2. The molecule has 0 fully saturated rings. The summed E-state index contributed by atoms with van der Waals surface area (Å²) >= 11 is 0. The fourth-order valence-corrected chi connectivity index (χ4v) is 2.99. The standard InChI is InChI=1S/C16H26N6O3/c1-9(2)7-16(3,8-17)21-11(23)6-5-10-18-12-13(19-10)22(4)15(25)20-14(12)24/h9H,5-8,17H2,1-4H3,(H,18,19)(H,21,23)(H,20,24,25). The first-order valence-corrected chi connectivity index (χ1v) is 8.34. The van der Waals surface area contributed by atoms with Gasteiger partial charge in [0.15, 0.2) is 5.65 Å². The van der Waals surface area contributed by atoms with Crippen molar-refractivity contribution in [1.82, 2.24) is 24.8 Å². The first-order chi connectivity index (χ1) is 11.6. The Morgan fingerprint density at radius 2 is 2.04 bits per heavy atom. The number of nitrogens with zero attached hydrogens (tertiary/aromatic N) is 2. The summed E-state index contributed by atoms with van der Waals surface area (Å²) in [6, 6.07) is 0. The number of imidazole rings is 1. The van der Waals surface area contributed by atoms with Gasteiger partial charge in [0.2, 0.25) is 5.91 Å². The van der Waals surface area contributed by atoms with Gasteiger partial charge in [-0.2, -0.15) is 0 Å². The lowest BCUT2D eigenvalue weighted by molar-refractivity contribution is -0.122. The number of amides is 1. The second-order valence-corrected chi connectivity index (χ2v) is 7.11. The lowest BCUT2D eigenvalue weighted by Crippen LogP contribution is -2.52. The Kier molecular flexibility index (Phi) is 5.46. The van der Waals surface area contributed by atoms with Gasteiger partial charge >= 0.3 is 5.69 Å². The molecule has 1 amide bonds. The van der Waals surface area contributed by atoms with E-state index in [-0.39, 0.29) is 23.5 Å². The Bertz CT molecular complexity index is 878. The first-order valence-electron chi connectivity index (χ1n) is 8.34. The zero-order chi connectivity index (χ0) is 18.8. The van der Waals surface area contributed by atoms with Crippen LogP contribution in [0.15, 0.2) is 9.59 Å². The number of hydrogen-bond donors (Lipinski definition) is 4. The maximum Gasteiger partial charge on any atom is 0.329 e. The van der Waals surface area contributed by atoms with Crippen molar-refractivity contribution in [2.45, 2.75) is 45.6 Å². The highest BCUT2D eigenvalue weighted by Crippen LogP contribution is 2.15. The molecule has 25 heavy (non-hydrogen) atoms. The lowest BCUT2D eigenvalue weighted by Gasteiger charge is -2.31. The SMILES string of the molecule is CC(C)CC(C)(CN)NC(=O)CCc1nc2c([nH]1)c(=O)[nH]c(=O)n2C. The molecule has 138 valence electrons. The highest BCUT2D eigenvalue weighted by molar-refractivity contribution is 5.77. The molecule has 0 saturated heterocycles. The molecular weight excluding hydrogens is 324 g/mol. The summed E-state index contributed by atoms with van der Waals surface area (Å²) in [7, 11) is 1.52. The van der Waals surface area contributed by atoms with Gasteiger partial charge in [0, 0.05) is 32.0 Å². The van der Waals surface area contributed by atoms with E-state index in [2.05, 4.69) is 34.1 Å². The molecule has 1 atom stereocenters. The van der Waals surface area contributed by atoms with Crippen LogP contribution in [0, 0.1) is 5.92 Å². The van der Waals surface area contributed by atoms with Crippen LogP contribution < -0.4 is 22.3 Å². The third kappa shape index (κ3) is 4.36. The molecule has 0 radical (unpaired) electrons. The highest BCUT2D eigenvalue weighted by Gasteiger charge is 2.25. The maximum absolute atomic E-state index is 12.2. The van der Waals surface area contributed by atoms with E-state index in [1.165, 1.54) is 11.6 Å². The first kappa shape index (κ1) is 18.9. The van der Waals surface area contributed by atoms with Crippen LogP contribution in [0.3, 0.4) is 0 Å². The van der Waals surface area contributed by atoms with Crippen LogP contribution in [0.5, 0.6) is 0 Å². The lowest BCUT2D eigenvalue weighted by atomic mass is 9.90. The van der Waals surface area contributed by atoms with E-state index in [4.69, 9.17) is 5.73 Å². The van der Waals surface area contributed by atoms with Crippen LogP contribution in [0.2, 0.25) is 0 Å². The van der Waals surface area contributed by atoms with Crippen molar-refractivity contribution >= 4 is 17.1 Å². The van der Waals surface area contributed by atoms with Crippen LogP contribution in [0.25, 0.3) is 11.2 Å². The summed E-state index contributed by atoms with van der Waals surface area (Å²) in [6.45, 7) is 6.45. The predicted octanol–water partition coefficient (Wildman–Crippen LogP) is -0.238. The van der Waals surface area contributed by atoms with E-state index in [0.29, 0.717) is 24.7 Å². The van der Waals surface area contributed by atoms with Crippen molar-refractivity contribution in [2.24, 2.45) is 18.7 Å². The molecule has 0 spiro atoms. The normalized spacial score (nSPS) is 14.0. The molecule has 2 heterocycles. The zero-order valence-corrected chi connectivity index (χ0v) is 15.1. The second-order valence-electron chi connectivity index (χ2n) is 7.11. The van der Waals surface area contributed by atoms with Gasteiger partial charge in [0.05, 0.1) is 0 Å². The minimum atomic E-state index is -0.527. The highest BCUT2D eigenvalue weighted by atomic mass is 16.2. The number of fused-ring (bicyclic) bond motifs is 1. The average molecular weight is 350 g/mol. The van der Waals surface area contributed by atoms with Gasteiger partial charge in [-0.05, 0) is 19.3 Å². The van der Waals surface area contributed by atoms with E-state index in [1.54, 1.807) is 0 Å². The molecule has 0 aliphatic heterocycles. The smallest absolute Gasteiger partial charge is 0.329 e.